The molecule has 1 saturated carbocycles. The van der Waals surface area contributed by atoms with Crippen LogP contribution in [0.2, 0.25) is 0 Å². The van der Waals surface area contributed by atoms with Gasteiger partial charge in [0.25, 0.3) is 0 Å². The van der Waals surface area contributed by atoms with E-state index in [9.17, 15) is 14.7 Å². The van der Waals surface area contributed by atoms with Crippen molar-refractivity contribution in [3.05, 3.63) is 24.3 Å². The normalized spacial score (nSPS) is 38.1. The highest BCUT2D eigenvalue weighted by Gasteiger charge is 2.55. The molecule has 5 heteroatoms. The third-order valence-electron chi connectivity index (χ3n) is 6.61. The van der Waals surface area contributed by atoms with Crippen LogP contribution in [-0.4, -0.2) is 34.4 Å². The Bertz CT molecular complexity index is 675. The Kier molecular flexibility index (Phi) is 7.04. The summed E-state index contributed by atoms with van der Waals surface area (Å²) < 4.78 is 11.5. The first kappa shape index (κ1) is 23.7. The average Bonchev–Trinajstić information content (AvgIpc) is 2.88. The van der Waals surface area contributed by atoms with Crippen molar-refractivity contribution in [2.45, 2.75) is 91.5 Å². The molecular weight excluding hydrogens is 368 g/mol. The number of aliphatic hydroxyl groups is 1. The summed E-state index contributed by atoms with van der Waals surface area (Å²) in [5.74, 6) is -0.419. The monoisotopic (exact) mass is 406 g/mol. The zero-order valence-corrected chi connectivity index (χ0v) is 19.0. The summed E-state index contributed by atoms with van der Waals surface area (Å²) in [5.41, 5.74) is -2.02. The molecule has 0 saturated heterocycles. The van der Waals surface area contributed by atoms with Gasteiger partial charge in [0.15, 0.2) is 0 Å². The number of rotatable bonds is 3. The predicted octanol–water partition coefficient (Wildman–Crippen LogP) is 4.59. The van der Waals surface area contributed by atoms with E-state index in [-0.39, 0.29) is 29.2 Å². The molecule has 2 rings (SSSR count). The first-order valence-corrected chi connectivity index (χ1v) is 10.7. The van der Waals surface area contributed by atoms with Crippen molar-refractivity contribution < 1.29 is 24.2 Å². The number of esters is 2. The second-order valence-electron chi connectivity index (χ2n) is 10.1. The van der Waals surface area contributed by atoms with Gasteiger partial charge in [-0.25, -0.2) is 0 Å². The molecule has 2 aliphatic rings. The van der Waals surface area contributed by atoms with Gasteiger partial charge < -0.3 is 14.6 Å². The fourth-order valence-electron chi connectivity index (χ4n) is 5.31. The van der Waals surface area contributed by atoms with E-state index in [4.69, 9.17) is 9.47 Å². The summed E-state index contributed by atoms with van der Waals surface area (Å²) in [4.78, 5) is 23.8. The van der Waals surface area contributed by atoms with Gasteiger partial charge in [-0.1, -0.05) is 38.2 Å². The smallest absolute Gasteiger partial charge is 0.303 e. The van der Waals surface area contributed by atoms with E-state index in [0.29, 0.717) is 12.3 Å². The van der Waals surface area contributed by atoms with Crippen molar-refractivity contribution in [3.63, 3.8) is 0 Å². The Morgan fingerprint density at radius 2 is 1.79 bits per heavy atom. The van der Waals surface area contributed by atoms with Crippen LogP contribution >= 0.6 is 0 Å². The van der Waals surface area contributed by atoms with Crippen molar-refractivity contribution in [2.24, 2.45) is 23.2 Å². The molecule has 0 radical (unpaired) electrons. The van der Waals surface area contributed by atoms with Crippen LogP contribution in [0.15, 0.2) is 24.3 Å². The molecule has 6 atom stereocenters. The summed E-state index contributed by atoms with van der Waals surface area (Å²) in [7, 11) is 0. The van der Waals surface area contributed by atoms with Crippen molar-refractivity contribution >= 4 is 11.9 Å². The fourth-order valence-corrected chi connectivity index (χ4v) is 5.31. The Labute approximate surface area is 175 Å². The molecule has 0 bridgehead atoms. The molecule has 2 aliphatic carbocycles. The Morgan fingerprint density at radius 1 is 1.14 bits per heavy atom. The molecule has 0 aromatic carbocycles. The largest absolute Gasteiger partial charge is 0.462 e. The van der Waals surface area contributed by atoms with Gasteiger partial charge in [0.2, 0.25) is 0 Å². The van der Waals surface area contributed by atoms with Crippen LogP contribution in [0.5, 0.6) is 0 Å². The van der Waals surface area contributed by atoms with Gasteiger partial charge in [0.05, 0.1) is 5.60 Å². The van der Waals surface area contributed by atoms with Crippen LogP contribution in [0.1, 0.15) is 74.1 Å². The lowest BCUT2D eigenvalue weighted by Crippen LogP contribution is -2.48. The van der Waals surface area contributed by atoms with Crippen molar-refractivity contribution in [1.82, 2.24) is 0 Å². The molecule has 0 aliphatic heterocycles. The van der Waals surface area contributed by atoms with Crippen molar-refractivity contribution in [1.29, 1.82) is 0 Å². The van der Waals surface area contributed by atoms with E-state index in [2.05, 4.69) is 26.0 Å². The van der Waals surface area contributed by atoms with E-state index in [1.165, 1.54) is 13.8 Å². The van der Waals surface area contributed by atoms with Crippen LogP contribution in [0.3, 0.4) is 0 Å². The third-order valence-corrected chi connectivity index (χ3v) is 6.61. The lowest BCUT2D eigenvalue weighted by atomic mass is 9.68. The molecule has 0 aromatic heterocycles. The van der Waals surface area contributed by atoms with Gasteiger partial charge >= 0.3 is 11.9 Å². The van der Waals surface area contributed by atoms with E-state index >= 15 is 0 Å². The van der Waals surface area contributed by atoms with Gasteiger partial charge in [-0.3, -0.25) is 9.59 Å². The highest BCUT2D eigenvalue weighted by Crippen LogP contribution is 2.55. The standard InChI is InChI=1S/C24H38O5/c1-16-9-8-12-24(7,27)15-20(28-17(2)25)21-19(22(4,5)29-18(3)26)11-14-23(21,6)13-10-16/h8,10,12-13,16,19-21,27H,9,11,14-15H2,1-7H3. The summed E-state index contributed by atoms with van der Waals surface area (Å²) >= 11 is 0. The lowest BCUT2D eigenvalue weighted by molar-refractivity contribution is -0.171. The molecule has 0 amide bonds. The number of allylic oxidation sites excluding steroid dienone is 3. The Morgan fingerprint density at radius 3 is 2.38 bits per heavy atom. The highest BCUT2D eigenvalue weighted by molar-refractivity contribution is 5.67. The SMILES string of the molecule is CC(=O)OC1CC(C)(O)C=CCC(C)C=CC2(C)CCC(C(C)(C)OC(C)=O)C12. The quantitative estimate of drug-likeness (QED) is 0.548. The van der Waals surface area contributed by atoms with Crippen molar-refractivity contribution in [3.8, 4) is 0 Å². The van der Waals surface area contributed by atoms with Crippen LogP contribution in [0.4, 0.5) is 0 Å². The number of hydrogen-bond acceptors (Lipinski definition) is 5. The summed E-state index contributed by atoms with van der Waals surface area (Å²) in [5, 5.41) is 11.0. The van der Waals surface area contributed by atoms with Gasteiger partial charge in [0.1, 0.15) is 11.7 Å². The first-order chi connectivity index (χ1) is 13.3. The predicted molar refractivity (Wildman–Crippen MR) is 113 cm³/mol. The van der Waals surface area contributed by atoms with E-state index in [0.717, 1.165) is 19.3 Å². The molecule has 5 nitrogen and oxygen atoms in total. The minimum absolute atomic E-state index is 0.00115. The maximum atomic E-state index is 12.0. The highest BCUT2D eigenvalue weighted by atomic mass is 16.6. The molecule has 6 unspecified atom stereocenters. The minimum atomic E-state index is -1.09. The molecule has 0 spiro atoms. The zero-order valence-electron chi connectivity index (χ0n) is 19.0. The first-order valence-electron chi connectivity index (χ1n) is 10.7. The molecule has 0 aromatic rings. The minimum Gasteiger partial charge on any atom is -0.462 e. The Hall–Kier alpha value is -1.62. The summed E-state index contributed by atoms with van der Waals surface area (Å²) in [6.07, 6.45) is 10.7. The molecule has 1 fully saturated rings. The van der Waals surface area contributed by atoms with Crippen LogP contribution in [0.25, 0.3) is 0 Å². The maximum absolute atomic E-state index is 12.0. The number of carbonyl (C=O) groups is 2. The topological polar surface area (TPSA) is 72.8 Å². The second-order valence-corrected chi connectivity index (χ2v) is 10.1. The fraction of sp³-hybridized carbons (Fsp3) is 0.750. The number of hydrogen-bond donors (Lipinski definition) is 1. The lowest BCUT2D eigenvalue weighted by Gasteiger charge is -2.44. The van der Waals surface area contributed by atoms with Gasteiger partial charge in [-0.05, 0) is 51.4 Å². The molecule has 1 N–H and O–H groups in total. The zero-order chi connectivity index (χ0) is 22.0. The van der Waals surface area contributed by atoms with E-state index in [1.54, 1.807) is 6.92 Å². The summed E-state index contributed by atoms with van der Waals surface area (Å²) in [6.45, 7) is 12.8. The van der Waals surface area contributed by atoms with Crippen LogP contribution in [0, 0.1) is 23.2 Å². The van der Waals surface area contributed by atoms with Gasteiger partial charge in [-0.2, -0.15) is 0 Å². The van der Waals surface area contributed by atoms with Gasteiger partial charge in [0, 0.05) is 32.1 Å². The molecule has 29 heavy (non-hydrogen) atoms. The number of ether oxygens (including phenoxy) is 2. The second kappa shape index (κ2) is 8.63. The van der Waals surface area contributed by atoms with Crippen molar-refractivity contribution in [2.75, 3.05) is 0 Å². The van der Waals surface area contributed by atoms with Gasteiger partial charge in [-0.15, -0.1) is 0 Å². The maximum Gasteiger partial charge on any atom is 0.303 e. The van der Waals surface area contributed by atoms with Crippen LogP contribution < -0.4 is 0 Å². The number of fused-ring (bicyclic) bond motifs is 1. The summed E-state index contributed by atoms with van der Waals surface area (Å²) in [6, 6.07) is 0. The molecule has 164 valence electrons. The van der Waals surface area contributed by atoms with Crippen LogP contribution in [-0.2, 0) is 19.1 Å². The molecule has 0 heterocycles. The Balaban J connectivity index is 2.57. The van der Waals surface area contributed by atoms with E-state index in [1.807, 2.05) is 26.0 Å². The average molecular weight is 407 g/mol. The molecular formula is C24H38O5. The number of carbonyl (C=O) groups excluding carboxylic acids is 2. The van der Waals surface area contributed by atoms with E-state index < -0.39 is 17.3 Å². The third kappa shape index (κ3) is 5.94.